The first-order valence-corrected chi connectivity index (χ1v) is 17.8. The molecule has 2 N–H and O–H groups in total. The number of fused-ring (bicyclic) bond motifs is 2. The number of rotatable bonds is 9. The van der Waals surface area contributed by atoms with Gasteiger partial charge in [-0.05, 0) is 67.8 Å². The number of nitrogens with one attached hydrogen (secondary N) is 1. The number of alkyl halides is 1. The minimum atomic E-state index is -1.01. The number of carbonyl (C=O) groups is 1. The van der Waals surface area contributed by atoms with E-state index in [2.05, 4.69) is 32.6 Å². The minimum absolute atomic E-state index is 0.0410. The van der Waals surface area contributed by atoms with Crippen molar-refractivity contribution in [3.8, 4) is 24.1 Å². The van der Waals surface area contributed by atoms with Crippen LogP contribution in [0.5, 0.6) is 11.8 Å². The van der Waals surface area contributed by atoms with E-state index in [0.29, 0.717) is 55.5 Å². The highest BCUT2D eigenvalue weighted by Crippen LogP contribution is 2.39. The van der Waals surface area contributed by atoms with E-state index in [0.717, 1.165) is 48.4 Å². The summed E-state index contributed by atoms with van der Waals surface area (Å²) < 4.78 is 36.4. The third-order valence-corrected chi connectivity index (χ3v) is 10.5. The van der Waals surface area contributed by atoms with Crippen LogP contribution in [0.1, 0.15) is 55.0 Å². The van der Waals surface area contributed by atoms with Crippen LogP contribution in [0, 0.1) is 18.2 Å². The fourth-order valence-electron chi connectivity index (χ4n) is 7.89. The number of hydrogen-bond donors (Lipinski definition) is 2. The van der Waals surface area contributed by atoms with Crippen LogP contribution >= 0.6 is 0 Å². The number of phenols is 1. The summed E-state index contributed by atoms with van der Waals surface area (Å²) in [6.45, 7) is 8.73. The topological polar surface area (TPSA) is 107 Å². The Morgan fingerprint density at radius 2 is 2.08 bits per heavy atom. The molecule has 3 aliphatic heterocycles. The molecular weight excluding hydrogens is 664 g/mol. The molecule has 4 aromatic rings. The molecule has 12 heteroatoms. The van der Waals surface area contributed by atoms with Crippen molar-refractivity contribution < 1.29 is 23.4 Å². The zero-order chi connectivity index (χ0) is 36.4. The number of aromatic hydroxyl groups is 1. The lowest BCUT2D eigenvalue weighted by atomic mass is 9.98. The number of aromatic nitrogens is 3. The van der Waals surface area contributed by atoms with Crippen LogP contribution in [0.25, 0.3) is 10.8 Å². The number of nitrogens with zero attached hydrogens (tertiary/aromatic N) is 6. The second kappa shape index (κ2) is 14.8. The number of ether oxygens (including phenoxy) is 1. The van der Waals surface area contributed by atoms with Crippen molar-refractivity contribution in [2.75, 3.05) is 42.6 Å². The highest BCUT2D eigenvalue weighted by atomic mass is 19.1. The maximum absolute atomic E-state index is 15.0. The lowest BCUT2D eigenvalue weighted by Gasteiger charge is -2.36. The number of carbonyl (C=O) groups excluding carboxylic acids is 1. The van der Waals surface area contributed by atoms with Crippen LogP contribution in [0.2, 0.25) is 0 Å². The fraction of sp³-hybridized carbons (Fsp3) is 0.400. The van der Waals surface area contributed by atoms with Crippen molar-refractivity contribution in [2.45, 2.75) is 69.9 Å². The summed E-state index contributed by atoms with van der Waals surface area (Å²) in [5.74, 6) is 2.56. The molecule has 5 heterocycles. The van der Waals surface area contributed by atoms with Gasteiger partial charge in [0.1, 0.15) is 30.2 Å². The van der Waals surface area contributed by atoms with Gasteiger partial charge in [-0.15, -0.1) is 6.42 Å². The Morgan fingerprint density at radius 1 is 1.21 bits per heavy atom. The van der Waals surface area contributed by atoms with Gasteiger partial charge in [0.05, 0.1) is 23.3 Å². The maximum Gasteiger partial charge on any atom is 0.318 e. The van der Waals surface area contributed by atoms with Crippen LogP contribution in [0.3, 0.4) is 0 Å². The van der Waals surface area contributed by atoms with Gasteiger partial charge >= 0.3 is 6.01 Å². The summed E-state index contributed by atoms with van der Waals surface area (Å²) in [7, 11) is 0. The second-order valence-electron chi connectivity index (χ2n) is 14.2. The Labute approximate surface area is 302 Å². The van der Waals surface area contributed by atoms with Crippen molar-refractivity contribution in [3.05, 3.63) is 89.6 Å². The van der Waals surface area contributed by atoms with Gasteiger partial charge < -0.3 is 25.0 Å². The van der Waals surface area contributed by atoms with E-state index in [1.165, 1.54) is 12.1 Å². The zero-order valence-corrected chi connectivity index (χ0v) is 29.3. The number of phenolic OH excluding ortho intramolecular Hbond substituents is 1. The van der Waals surface area contributed by atoms with E-state index in [1.807, 2.05) is 24.0 Å². The second-order valence-corrected chi connectivity index (χ2v) is 14.2. The van der Waals surface area contributed by atoms with Crippen molar-refractivity contribution in [2.24, 2.45) is 0 Å². The molecular formula is C40H43F2N7O3. The Bertz CT molecular complexity index is 2020. The van der Waals surface area contributed by atoms with E-state index in [-0.39, 0.29) is 42.4 Å². The number of likely N-dealkylation sites (tertiary alicyclic amines) is 1. The summed E-state index contributed by atoms with van der Waals surface area (Å²) in [4.78, 5) is 32.8. The summed E-state index contributed by atoms with van der Waals surface area (Å²) in [6, 6.07) is 10.0. The molecule has 0 saturated carbocycles. The molecule has 0 radical (unpaired) electrons. The van der Waals surface area contributed by atoms with Gasteiger partial charge in [0, 0.05) is 80.3 Å². The van der Waals surface area contributed by atoms with Gasteiger partial charge in [-0.25, -0.2) is 8.78 Å². The van der Waals surface area contributed by atoms with Crippen LogP contribution in [0.4, 0.5) is 20.3 Å². The molecule has 3 aliphatic rings. The first-order chi connectivity index (χ1) is 25.1. The van der Waals surface area contributed by atoms with Gasteiger partial charge in [0.15, 0.2) is 0 Å². The number of terminal acetylenes is 1. The Hall–Kier alpha value is -5.28. The Balaban J connectivity index is 1.24. The summed E-state index contributed by atoms with van der Waals surface area (Å²) in [6.07, 6.45) is 13.1. The molecule has 0 spiro atoms. The first-order valence-electron chi connectivity index (χ1n) is 17.8. The predicted molar refractivity (Wildman–Crippen MR) is 197 cm³/mol. The number of amides is 1. The van der Waals surface area contributed by atoms with Crippen molar-refractivity contribution >= 4 is 28.2 Å². The average Bonchev–Trinajstić information content (AvgIpc) is 3.26. The maximum atomic E-state index is 15.0. The van der Waals surface area contributed by atoms with Crippen molar-refractivity contribution in [1.29, 1.82) is 0 Å². The van der Waals surface area contributed by atoms with E-state index in [9.17, 15) is 18.7 Å². The van der Waals surface area contributed by atoms with Crippen molar-refractivity contribution in [1.82, 2.24) is 25.2 Å². The molecule has 2 fully saturated rings. The molecule has 2 saturated heterocycles. The minimum Gasteiger partial charge on any atom is -0.508 e. The molecule has 3 atom stereocenters. The van der Waals surface area contributed by atoms with Gasteiger partial charge in [0.25, 0.3) is 0 Å². The molecule has 270 valence electrons. The molecule has 1 amide bonds. The number of pyridine rings is 1. The van der Waals surface area contributed by atoms with Crippen LogP contribution < -0.4 is 19.9 Å². The SMILES string of the molecule is C#Cc1c(F)ccc2cc(O)cc(N3CCc4c(nc(OC[C@]5(C)C[C@@H](F)CN5Cc5cccnc5)nc4N4CCCCC(NC(=O)C=C)C4)C3)c12. The summed E-state index contributed by atoms with van der Waals surface area (Å²) in [5, 5.41) is 14.9. The standard InChI is InChI=1S/C40H43F2N7O3/c1-4-31-33(42)12-11-27-17-30(50)18-35(37(27)31)47-16-13-32-34(24-47)45-39(46-38(32)48-15-7-6-10-29(23-48)44-36(51)5-2)52-25-40(3)19-28(41)22-49(40)21-26-9-8-14-43-20-26/h1,5,8-9,11-12,14,17-18,20,28-29,50H,2,6-7,10,13,15-16,19,21-25H2,3H3,(H,44,51)/t28-,29?,40+/m1/s1. The molecule has 7 rings (SSSR count). The lowest BCUT2D eigenvalue weighted by Crippen LogP contribution is -2.45. The highest BCUT2D eigenvalue weighted by molar-refractivity contribution is 6.00. The monoisotopic (exact) mass is 707 g/mol. The van der Waals surface area contributed by atoms with Gasteiger partial charge in [-0.3, -0.25) is 14.7 Å². The first kappa shape index (κ1) is 35.1. The van der Waals surface area contributed by atoms with Gasteiger partial charge in [0.2, 0.25) is 5.91 Å². The van der Waals surface area contributed by atoms with Crippen LogP contribution in [-0.4, -0.2) is 81.4 Å². The Kier molecular flexibility index (Phi) is 9.97. The van der Waals surface area contributed by atoms with E-state index < -0.39 is 17.5 Å². The normalized spacial score (nSPS) is 22.0. The van der Waals surface area contributed by atoms with E-state index in [1.54, 1.807) is 30.6 Å². The molecule has 10 nitrogen and oxygen atoms in total. The molecule has 1 unspecified atom stereocenters. The molecule has 0 aliphatic carbocycles. The summed E-state index contributed by atoms with van der Waals surface area (Å²) in [5.41, 5.74) is 2.79. The Morgan fingerprint density at radius 3 is 2.87 bits per heavy atom. The van der Waals surface area contributed by atoms with E-state index >= 15 is 0 Å². The van der Waals surface area contributed by atoms with Crippen LogP contribution in [-0.2, 0) is 24.3 Å². The fourth-order valence-corrected chi connectivity index (χ4v) is 7.89. The van der Waals surface area contributed by atoms with Crippen LogP contribution in [0.15, 0.2) is 61.4 Å². The van der Waals surface area contributed by atoms with Crippen molar-refractivity contribution in [3.63, 3.8) is 0 Å². The average molecular weight is 708 g/mol. The smallest absolute Gasteiger partial charge is 0.318 e. The third kappa shape index (κ3) is 7.23. The highest BCUT2D eigenvalue weighted by Gasteiger charge is 2.43. The van der Waals surface area contributed by atoms with Gasteiger partial charge in [-0.2, -0.15) is 9.97 Å². The third-order valence-electron chi connectivity index (χ3n) is 10.5. The zero-order valence-electron chi connectivity index (χ0n) is 29.3. The number of benzene rings is 2. The summed E-state index contributed by atoms with van der Waals surface area (Å²) >= 11 is 0. The molecule has 2 aromatic heterocycles. The lowest BCUT2D eigenvalue weighted by molar-refractivity contribution is -0.117. The number of anilines is 2. The molecule has 2 aromatic carbocycles. The number of hydrogen-bond acceptors (Lipinski definition) is 9. The quantitative estimate of drug-likeness (QED) is 0.173. The van der Waals surface area contributed by atoms with E-state index in [4.69, 9.17) is 21.1 Å². The predicted octanol–water partition coefficient (Wildman–Crippen LogP) is 5.46. The number of halogens is 2. The molecule has 52 heavy (non-hydrogen) atoms. The molecule has 0 bridgehead atoms. The van der Waals surface area contributed by atoms with Gasteiger partial charge in [-0.1, -0.05) is 24.6 Å². The largest absolute Gasteiger partial charge is 0.508 e.